The van der Waals surface area contributed by atoms with Gasteiger partial charge in [0, 0.05) is 23.6 Å². The number of hydrogen-bond acceptors (Lipinski definition) is 2. The predicted molar refractivity (Wildman–Crippen MR) is 46.5 cm³/mol. The molecule has 3 rings (SSSR count). The molecule has 0 aliphatic carbocycles. The van der Waals surface area contributed by atoms with E-state index in [1.165, 1.54) is 31.6 Å². The van der Waals surface area contributed by atoms with E-state index in [4.69, 9.17) is 0 Å². The fraction of sp³-hybridized carbons (Fsp3) is 1.00. The second kappa shape index (κ2) is 2.74. The Bertz CT molecular complexity index is 122. The van der Waals surface area contributed by atoms with Crippen molar-refractivity contribution in [3.05, 3.63) is 0 Å². The summed E-state index contributed by atoms with van der Waals surface area (Å²) in [7, 11) is 2.28. The highest BCUT2D eigenvalue weighted by Crippen LogP contribution is 2.32. The van der Waals surface area contributed by atoms with Crippen LogP contribution in [0.4, 0.5) is 0 Å². The van der Waals surface area contributed by atoms with Crippen LogP contribution in [-0.2, 0) is 0 Å². The van der Waals surface area contributed by atoms with Crippen molar-refractivity contribution in [3.63, 3.8) is 0 Å². The van der Waals surface area contributed by atoms with Crippen molar-refractivity contribution in [2.24, 2.45) is 0 Å². The predicted octanol–water partition coefficient (Wildman–Crippen LogP) is 1.59. The van der Waals surface area contributed by atoms with Gasteiger partial charge in [0.25, 0.3) is 0 Å². The molecule has 10 heavy (non-hydrogen) atoms. The van der Waals surface area contributed by atoms with Crippen LogP contribution in [0.25, 0.3) is 0 Å². The van der Waals surface area contributed by atoms with Gasteiger partial charge in [0.1, 0.15) is 0 Å². The van der Waals surface area contributed by atoms with Gasteiger partial charge in [-0.15, -0.1) is 0 Å². The van der Waals surface area contributed by atoms with Crippen LogP contribution >= 0.6 is 11.8 Å². The number of rotatable bonds is 0. The summed E-state index contributed by atoms with van der Waals surface area (Å²) in [5.41, 5.74) is 0. The fourth-order valence-corrected chi connectivity index (χ4v) is 3.55. The standard InChI is InChI=1S/C8H15NS/c1-9-5-8-4-2-3-7(9)6-10-8/h7-8H,2-6H2,1H3. The molecule has 3 heterocycles. The molecule has 2 unspecified atom stereocenters. The normalized spacial score (nSPS) is 41.7. The van der Waals surface area contributed by atoms with E-state index in [9.17, 15) is 0 Å². The molecule has 2 bridgehead atoms. The quantitative estimate of drug-likeness (QED) is 0.525. The summed E-state index contributed by atoms with van der Waals surface area (Å²) in [6.07, 6.45) is 4.37. The minimum absolute atomic E-state index is 0.906. The van der Waals surface area contributed by atoms with Crippen LogP contribution in [0.3, 0.4) is 0 Å². The second-order valence-electron chi connectivity index (χ2n) is 3.48. The van der Waals surface area contributed by atoms with Crippen LogP contribution in [0.2, 0.25) is 0 Å². The first kappa shape index (κ1) is 6.99. The van der Waals surface area contributed by atoms with Gasteiger partial charge in [-0.2, -0.15) is 11.8 Å². The van der Waals surface area contributed by atoms with Gasteiger partial charge in [-0.1, -0.05) is 6.42 Å². The van der Waals surface area contributed by atoms with Gasteiger partial charge in [0.05, 0.1) is 0 Å². The first-order valence-corrected chi connectivity index (χ1v) is 5.23. The molecule has 0 aromatic rings. The van der Waals surface area contributed by atoms with Gasteiger partial charge in [-0.25, -0.2) is 0 Å². The average Bonchev–Trinajstić information content (AvgIpc) is 2.20. The lowest BCUT2D eigenvalue weighted by atomic mass is 10.1. The zero-order valence-corrected chi connectivity index (χ0v) is 7.36. The number of hydrogen-bond donors (Lipinski definition) is 0. The Morgan fingerprint density at radius 1 is 1.40 bits per heavy atom. The smallest absolute Gasteiger partial charge is 0.0183 e. The maximum Gasteiger partial charge on any atom is 0.0183 e. The van der Waals surface area contributed by atoms with Gasteiger partial charge >= 0.3 is 0 Å². The Morgan fingerprint density at radius 3 is 3.10 bits per heavy atom. The van der Waals surface area contributed by atoms with Crippen LogP contribution < -0.4 is 0 Å². The van der Waals surface area contributed by atoms with E-state index in [1.807, 2.05) is 0 Å². The summed E-state index contributed by atoms with van der Waals surface area (Å²) in [4.78, 5) is 2.55. The molecular weight excluding hydrogens is 142 g/mol. The maximum atomic E-state index is 2.55. The Hall–Kier alpha value is 0.310. The molecule has 0 aromatic heterocycles. The molecule has 3 aliphatic rings. The van der Waals surface area contributed by atoms with E-state index < -0.39 is 0 Å². The third kappa shape index (κ3) is 1.19. The van der Waals surface area contributed by atoms with E-state index in [0.717, 1.165) is 11.3 Å². The Morgan fingerprint density at radius 2 is 2.30 bits per heavy atom. The van der Waals surface area contributed by atoms with Crippen molar-refractivity contribution < 1.29 is 0 Å². The van der Waals surface area contributed by atoms with Crippen LogP contribution in [-0.4, -0.2) is 35.5 Å². The number of fused-ring (bicyclic) bond motifs is 4. The molecule has 0 saturated carbocycles. The summed E-state index contributed by atoms with van der Waals surface area (Å²) < 4.78 is 0. The fourth-order valence-electron chi connectivity index (χ4n) is 1.96. The molecule has 3 fully saturated rings. The van der Waals surface area contributed by atoms with E-state index in [0.29, 0.717) is 0 Å². The van der Waals surface area contributed by atoms with Crippen LogP contribution in [0.1, 0.15) is 19.3 Å². The Balaban J connectivity index is 2.07. The maximum absolute atomic E-state index is 2.55. The molecule has 58 valence electrons. The molecule has 3 aliphatic heterocycles. The van der Waals surface area contributed by atoms with E-state index in [2.05, 4.69) is 23.7 Å². The summed E-state index contributed by atoms with van der Waals surface area (Å²) in [5, 5.41) is 0.962. The van der Waals surface area contributed by atoms with E-state index in [1.54, 1.807) is 0 Å². The van der Waals surface area contributed by atoms with Crippen molar-refractivity contribution in [3.8, 4) is 0 Å². The zero-order valence-electron chi connectivity index (χ0n) is 6.55. The van der Waals surface area contributed by atoms with Crippen molar-refractivity contribution in [1.29, 1.82) is 0 Å². The van der Waals surface area contributed by atoms with Crippen LogP contribution in [0.5, 0.6) is 0 Å². The minimum Gasteiger partial charge on any atom is -0.301 e. The van der Waals surface area contributed by atoms with Gasteiger partial charge in [-0.3, -0.25) is 0 Å². The molecule has 0 amide bonds. The summed E-state index contributed by atoms with van der Waals surface area (Å²) in [5.74, 6) is 1.39. The SMILES string of the molecule is CN1CC2CCCC1CS2. The highest BCUT2D eigenvalue weighted by atomic mass is 32.2. The monoisotopic (exact) mass is 157 g/mol. The highest BCUT2D eigenvalue weighted by molar-refractivity contribution is 8.00. The minimum atomic E-state index is 0.906. The van der Waals surface area contributed by atoms with Crippen LogP contribution in [0, 0.1) is 0 Å². The van der Waals surface area contributed by atoms with E-state index in [-0.39, 0.29) is 0 Å². The lowest BCUT2D eigenvalue weighted by molar-refractivity contribution is 0.262. The first-order chi connectivity index (χ1) is 4.86. The van der Waals surface area contributed by atoms with Crippen molar-refractivity contribution in [2.75, 3.05) is 19.3 Å². The highest BCUT2D eigenvalue weighted by Gasteiger charge is 2.28. The Labute approximate surface area is 67.2 Å². The molecule has 0 aromatic carbocycles. The molecule has 1 nitrogen and oxygen atoms in total. The summed E-state index contributed by atoms with van der Waals surface area (Å²) in [6, 6.07) is 0.906. The summed E-state index contributed by atoms with van der Waals surface area (Å²) >= 11 is 2.20. The topological polar surface area (TPSA) is 3.24 Å². The lowest BCUT2D eigenvalue weighted by Crippen LogP contribution is -2.40. The van der Waals surface area contributed by atoms with Crippen molar-refractivity contribution in [2.45, 2.75) is 30.6 Å². The van der Waals surface area contributed by atoms with Gasteiger partial charge in [0.15, 0.2) is 0 Å². The third-order valence-corrected chi connectivity index (χ3v) is 4.14. The number of thioether (sulfide) groups is 1. The molecule has 0 N–H and O–H groups in total. The zero-order chi connectivity index (χ0) is 6.97. The van der Waals surface area contributed by atoms with E-state index >= 15 is 0 Å². The van der Waals surface area contributed by atoms with Crippen molar-refractivity contribution in [1.82, 2.24) is 4.90 Å². The van der Waals surface area contributed by atoms with Gasteiger partial charge in [-0.05, 0) is 19.9 Å². The molecule has 0 spiro atoms. The van der Waals surface area contributed by atoms with Crippen molar-refractivity contribution >= 4 is 11.8 Å². The molecule has 2 heteroatoms. The van der Waals surface area contributed by atoms with Gasteiger partial charge in [0.2, 0.25) is 0 Å². The third-order valence-electron chi connectivity index (χ3n) is 2.70. The first-order valence-electron chi connectivity index (χ1n) is 4.18. The summed E-state index contributed by atoms with van der Waals surface area (Å²) in [6.45, 7) is 1.34. The molecule has 3 saturated heterocycles. The lowest BCUT2D eigenvalue weighted by Gasteiger charge is -2.32. The largest absolute Gasteiger partial charge is 0.301 e. The van der Waals surface area contributed by atoms with Crippen LogP contribution in [0.15, 0.2) is 0 Å². The molecule has 0 radical (unpaired) electrons. The average molecular weight is 157 g/mol. The second-order valence-corrected chi connectivity index (χ2v) is 4.81. The Kier molecular flexibility index (Phi) is 1.92. The number of nitrogens with zero attached hydrogens (tertiary/aromatic N) is 1. The molecule has 2 atom stereocenters. The molecular formula is C8H15NS. The van der Waals surface area contributed by atoms with Gasteiger partial charge < -0.3 is 4.90 Å².